The molecule has 0 aliphatic carbocycles. The number of carbonyl (C=O) groups excluding carboxylic acids is 2. The van der Waals surface area contributed by atoms with Crippen molar-refractivity contribution in [1.29, 1.82) is 0 Å². The fourth-order valence-corrected chi connectivity index (χ4v) is 5.95. The third-order valence-electron chi connectivity index (χ3n) is 7.48. The molecule has 0 radical (unpaired) electrons. The Balaban J connectivity index is 1.43. The normalized spacial score (nSPS) is 12.9. The van der Waals surface area contributed by atoms with E-state index in [9.17, 15) is 9.59 Å². The molecule has 0 unspecified atom stereocenters. The van der Waals surface area contributed by atoms with Crippen LogP contribution >= 0.6 is 11.8 Å². The molecule has 1 aliphatic heterocycles. The number of Topliss-reactive ketones (excluding diaryl/α,β-unsaturated/α-hetero) is 1. The van der Waals surface area contributed by atoms with Gasteiger partial charge >= 0.3 is 0 Å². The molecule has 6 heteroatoms. The lowest BCUT2D eigenvalue weighted by Crippen LogP contribution is -2.21. The van der Waals surface area contributed by atoms with E-state index in [0.717, 1.165) is 24.3 Å². The van der Waals surface area contributed by atoms with E-state index in [1.807, 2.05) is 30.3 Å². The van der Waals surface area contributed by atoms with Crippen LogP contribution in [0.25, 0.3) is 0 Å². The number of benzene rings is 2. The van der Waals surface area contributed by atoms with Crippen molar-refractivity contribution in [3.63, 3.8) is 0 Å². The highest BCUT2D eigenvalue weighted by Crippen LogP contribution is 2.27. The highest BCUT2D eigenvalue weighted by molar-refractivity contribution is 8.02. The highest BCUT2D eigenvalue weighted by Gasteiger charge is 2.18. The zero-order chi connectivity index (χ0) is 28.6. The quantitative estimate of drug-likeness (QED) is 0.136. The van der Waals surface area contributed by atoms with Crippen molar-refractivity contribution in [3.8, 4) is 5.75 Å². The maximum Gasteiger partial charge on any atom is 0.256 e. The summed E-state index contributed by atoms with van der Waals surface area (Å²) in [5.74, 6) is 1.23. The lowest BCUT2D eigenvalue weighted by atomic mass is 10.1. The number of hydrogen-bond donors (Lipinski definition) is 1. The van der Waals surface area contributed by atoms with Crippen molar-refractivity contribution < 1.29 is 14.3 Å². The molecule has 1 amide bonds. The molecule has 0 fully saturated rings. The Morgan fingerprint density at radius 2 is 1.52 bits per heavy atom. The van der Waals surface area contributed by atoms with E-state index in [4.69, 9.17) is 4.74 Å². The summed E-state index contributed by atoms with van der Waals surface area (Å²) in [7, 11) is 0. The van der Waals surface area contributed by atoms with Crippen LogP contribution in [-0.4, -0.2) is 29.1 Å². The maximum absolute atomic E-state index is 13.2. The smallest absolute Gasteiger partial charge is 0.256 e. The van der Waals surface area contributed by atoms with E-state index in [1.165, 1.54) is 76.8 Å². The van der Waals surface area contributed by atoms with Gasteiger partial charge in [-0.05, 0) is 55.5 Å². The fraction of sp³-hybridized carbons (Fsp3) is 0.529. The van der Waals surface area contributed by atoms with Gasteiger partial charge in [0.1, 0.15) is 5.75 Å². The van der Waals surface area contributed by atoms with Crippen LogP contribution in [0.5, 0.6) is 5.75 Å². The number of amides is 1. The predicted molar refractivity (Wildman–Crippen MR) is 169 cm³/mol. The van der Waals surface area contributed by atoms with Crippen LogP contribution in [0.15, 0.2) is 53.6 Å². The van der Waals surface area contributed by atoms with E-state index < -0.39 is 0 Å². The molecule has 0 bridgehead atoms. The summed E-state index contributed by atoms with van der Waals surface area (Å²) in [6.45, 7) is 7.17. The van der Waals surface area contributed by atoms with Gasteiger partial charge in [0.2, 0.25) is 0 Å². The molecule has 1 heterocycles. The van der Waals surface area contributed by atoms with Crippen LogP contribution in [0.3, 0.4) is 0 Å². The number of ketones is 1. The van der Waals surface area contributed by atoms with Crippen LogP contribution in [0.2, 0.25) is 0 Å². The molecule has 218 valence electrons. The summed E-state index contributed by atoms with van der Waals surface area (Å²) >= 11 is 1.77. The van der Waals surface area contributed by atoms with Crippen molar-refractivity contribution in [2.45, 2.75) is 104 Å². The number of rotatable bonds is 19. The Bertz CT molecular complexity index is 1110. The van der Waals surface area contributed by atoms with E-state index in [1.54, 1.807) is 23.9 Å². The topological polar surface area (TPSA) is 58.6 Å². The van der Waals surface area contributed by atoms with Crippen LogP contribution in [0, 0.1) is 0 Å². The molecule has 0 atom stereocenters. The molecular weight excluding hydrogens is 516 g/mol. The monoisotopic (exact) mass is 564 g/mol. The van der Waals surface area contributed by atoms with Crippen LogP contribution in [0.1, 0.15) is 124 Å². The third kappa shape index (κ3) is 10.7. The minimum Gasteiger partial charge on any atom is -0.493 e. The second-order valence-corrected chi connectivity index (χ2v) is 11.7. The van der Waals surface area contributed by atoms with Crippen LogP contribution < -0.4 is 10.1 Å². The molecule has 0 saturated carbocycles. The average molecular weight is 565 g/mol. The van der Waals surface area contributed by atoms with E-state index >= 15 is 0 Å². The first-order valence-electron chi connectivity index (χ1n) is 15.2. The number of nitrogens with one attached hydrogen (secondary N) is 1. The van der Waals surface area contributed by atoms with Gasteiger partial charge in [0.25, 0.3) is 5.91 Å². The molecule has 3 rings (SSSR count). The molecule has 1 N–H and O–H groups in total. The standard InChI is InChI=1S/C34H48N2O3S/c1-4-5-6-7-8-9-10-11-12-13-14-17-22-39-33-21-20-30(23-32(33)28(3)37)35-34(38)31-19-16-15-18-29(31)24-36-26-40-25-27(36)2/h15-16,18-21,23,25H,4-14,17,22,24,26H2,1-3H3,(H,35,38). The number of hydrogen-bond acceptors (Lipinski definition) is 5. The fourth-order valence-electron chi connectivity index (χ4n) is 5.01. The number of ether oxygens (including phenoxy) is 1. The van der Waals surface area contributed by atoms with Crippen molar-refractivity contribution >= 4 is 29.1 Å². The van der Waals surface area contributed by atoms with Crippen LogP contribution in [-0.2, 0) is 6.54 Å². The number of unbranched alkanes of at least 4 members (excludes halogenated alkanes) is 11. The lowest BCUT2D eigenvalue weighted by Gasteiger charge is -2.21. The van der Waals surface area contributed by atoms with E-state index in [-0.39, 0.29) is 11.7 Å². The lowest BCUT2D eigenvalue weighted by molar-refractivity contribution is 0.100. The Hall–Kier alpha value is -2.73. The summed E-state index contributed by atoms with van der Waals surface area (Å²) in [6.07, 6.45) is 15.6. The predicted octanol–water partition coefficient (Wildman–Crippen LogP) is 9.59. The minimum absolute atomic E-state index is 0.0741. The summed E-state index contributed by atoms with van der Waals surface area (Å²) in [6, 6.07) is 13.0. The van der Waals surface area contributed by atoms with Gasteiger partial charge in [0.05, 0.1) is 18.0 Å². The number of allylic oxidation sites excluding steroid dienone is 1. The summed E-state index contributed by atoms with van der Waals surface area (Å²) in [5, 5.41) is 5.14. The Kier molecular flexibility index (Phi) is 14.2. The maximum atomic E-state index is 13.2. The average Bonchev–Trinajstić information content (AvgIpc) is 3.35. The van der Waals surface area contributed by atoms with Crippen molar-refractivity contribution in [2.75, 3.05) is 17.8 Å². The number of thioether (sulfide) groups is 1. The van der Waals surface area contributed by atoms with Gasteiger partial charge in [-0.25, -0.2) is 0 Å². The zero-order valence-corrected chi connectivity index (χ0v) is 25.6. The largest absolute Gasteiger partial charge is 0.493 e. The van der Waals surface area contributed by atoms with E-state index in [0.29, 0.717) is 35.7 Å². The van der Waals surface area contributed by atoms with Crippen molar-refractivity contribution in [3.05, 3.63) is 70.3 Å². The zero-order valence-electron chi connectivity index (χ0n) is 24.8. The SMILES string of the molecule is CCCCCCCCCCCCCCOc1ccc(NC(=O)c2ccccc2CN2CSC=C2C)cc1C(C)=O. The Morgan fingerprint density at radius 1 is 0.875 bits per heavy atom. The van der Waals surface area contributed by atoms with Gasteiger partial charge in [-0.2, -0.15) is 0 Å². The van der Waals surface area contributed by atoms with Crippen molar-refractivity contribution in [1.82, 2.24) is 4.90 Å². The summed E-state index contributed by atoms with van der Waals surface area (Å²) < 4.78 is 5.99. The number of anilines is 1. The molecule has 0 spiro atoms. The molecule has 0 saturated heterocycles. The molecular formula is C34H48N2O3S. The second-order valence-electron chi connectivity index (χ2n) is 10.9. The van der Waals surface area contributed by atoms with E-state index in [2.05, 4.69) is 29.5 Å². The highest BCUT2D eigenvalue weighted by atomic mass is 32.2. The van der Waals surface area contributed by atoms with Gasteiger partial charge in [-0.15, -0.1) is 11.8 Å². The molecule has 40 heavy (non-hydrogen) atoms. The molecule has 2 aromatic rings. The third-order valence-corrected chi connectivity index (χ3v) is 8.45. The second kappa shape index (κ2) is 17.9. The first-order chi connectivity index (χ1) is 19.5. The summed E-state index contributed by atoms with van der Waals surface area (Å²) in [5.41, 5.74) is 3.93. The number of carbonyl (C=O) groups is 2. The first-order valence-corrected chi connectivity index (χ1v) is 16.2. The molecule has 2 aromatic carbocycles. The molecule has 0 aromatic heterocycles. The van der Waals surface area contributed by atoms with Gasteiger partial charge in [0.15, 0.2) is 5.78 Å². The first kappa shape index (κ1) is 31.8. The van der Waals surface area contributed by atoms with Crippen LogP contribution in [0.4, 0.5) is 5.69 Å². The number of nitrogens with zero attached hydrogens (tertiary/aromatic N) is 1. The Labute approximate surface area is 246 Å². The van der Waals surface area contributed by atoms with Gasteiger partial charge in [-0.1, -0.05) is 95.8 Å². The van der Waals surface area contributed by atoms with Gasteiger partial charge < -0.3 is 15.0 Å². The molecule has 5 nitrogen and oxygen atoms in total. The van der Waals surface area contributed by atoms with Gasteiger partial charge in [0, 0.05) is 23.5 Å². The minimum atomic E-state index is -0.177. The van der Waals surface area contributed by atoms with Crippen molar-refractivity contribution in [2.24, 2.45) is 0 Å². The summed E-state index contributed by atoms with van der Waals surface area (Å²) in [4.78, 5) is 27.8. The van der Waals surface area contributed by atoms with Gasteiger partial charge in [-0.3, -0.25) is 9.59 Å². The molecule has 1 aliphatic rings. The Morgan fingerprint density at radius 3 is 2.15 bits per heavy atom.